The highest BCUT2D eigenvalue weighted by Crippen LogP contribution is 2.34. The molecule has 2 fully saturated rings. The van der Waals surface area contributed by atoms with Crippen LogP contribution in [0.5, 0.6) is 17.2 Å². The molecule has 2 aliphatic heterocycles. The number of amides is 2. The first-order chi connectivity index (χ1) is 17.4. The average Bonchev–Trinajstić information content (AvgIpc) is 3.27. The fourth-order valence-electron chi connectivity index (χ4n) is 5.34. The highest BCUT2D eigenvalue weighted by Gasteiger charge is 2.38. The number of benzene rings is 2. The molecular weight excluding hydrogens is 456 g/mol. The van der Waals surface area contributed by atoms with Crippen molar-refractivity contribution in [2.45, 2.75) is 57.4 Å². The lowest BCUT2D eigenvalue weighted by atomic mass is 9.84. The van der Waals surface area contributed by atoms with Crippen LogP contribution in [0.1, 0.15) is 49.7 Å². The van der Waals surface area contributed by atoms with E-state index in [1.807, 2.05) is 47.4 Å². The second-order valence-electron chi connectivity index (χ2n) is 10.2. The zero-order valence-corrected chi connectivity index (χ0v) is 21.7. The maximum atomic E-state index is 13.2. The predicted molar refractivity (Wildman–Crippen MR) is 139 cm³/mol. The number of nitrogens with one attached hydrogen (secondary N) is 1. The van der Waals surface area contributed by atoms with Crippen molar-refractivity contribution in [2.24, 2.45) is 5.92 Å². The quantitative estimate of drug-likeness (QED) is 0.533. The van der Waals surface area contributed by atoms with E-state index in [4.69, 9.17) is 14.2 Å². The molecule has 1 N–H and O–H groups in total. The monoisotopic (exact) mass is 494 g/mol. The van der Waals surface area contributed by atoms with E-state index >= 15 is 0 Å². The SMILES string of the molecule is COc1ccc(C[C@]2(CCC(=O)N3CCC[C@@H](COc4ccc(C)cc4)C3)CCC(=O)N2)cc1OC. The van der Waals surface area contributed by atoms with Gasteiger partial charge in [0.25, 0.3) is 0 Å². The minimum absolute atomic E-state index is 0.0502. The Morgan fingerprint density at radius 3 is 2.58 bits per heavy atom. The van der Waals surface area contributed by atoms with Gasteiger partial charge in [-0.2, -0.15) is 0 Å². The molecule has 2 aliphatic rings. The summed E-state index contributed by atoms with van der Waals surface area (Å²) in [4.78, 5) is 27.4. The summed E-state index contributed by atoms with van der Waals surface area (Å²) in [6.45, 7) is 4.18. The summed E-state index contributed by atoms with van der Waals surface area (Å²) in [6.07, 6.45) is 4.95. The van der Waals surface area contributed by atoms with E-state index in [1.165, 1.54) is 5.56 Å². The molecule has 194 valence electrons. The maximum Gasteiger partial charge on any atom is 0.222 e. The summed E-state index contributed by atoms with van der Waals surface area (Å²) >= 11 is 0. The van der Waals surface area contributed by atoms with Crippen LogP contribution in [0.25, 0.3) is 0 Å². The van der Waals surface area contributed by atoms with Gasteiger partial charge in [0.2, 0.25) is 11.8 Å². The number of hydrogen-bond donors (Lipinski definition) is 1. The van der Waals surface area contributed by atoms with E-state index in [2.05, 4.69) is 12.2 Å². The molecule has 0 radical (unpaired) electrons. The largest absolute Gasteiger partial charge is 0.493 e. The number of nitrogens with zero attached hydrogens (tertiary/aromatic N) is 1. The van der Waals surface area contributed by atoms with E-state index in [1.54, 1.807) is 14.2 Å². The molecule has 2 aromatic carbocycles. The summed E-state index contributed by atoms with van der Waals surface area (Å²) in [6, 6.07) is 13.9. The zero-order chi connectivity index (χ0) is 25.5. The molecule has 0 unspecified atom stereocenters. The smallest absolute Gasteiger partial charge is 0.222 e. The molecule has 0 bridgehead atoms. The molecule has 0 saturated carbocycles. The van der Waals surface area contributed by atoms with Crippen LogP contribution >= 0.6 is 0 Å². The molecule has 2 saturated heterocycles. The van der Waals surface area contributed by atoms with Crippen LogP contribution in [0.4, 0.5) is 0 Å². The number of methoxy groups -OCH3 is 2. The number of aryl methyl sites for hydroxylation is 1. The molecule has 7 heteroatoms. The maximum absolute atomic E-state index is 13.2. The Kier molecular flexibility index (Phi) is 8.39. The number of rotatable bonds is 10. The van der Waals surface area contributed by atoms with Gasteiger partial charge in [0, 0.05) is 37.4 Å². The third kappa shape index (κ3) is 6.50. The number of ether oxygens (including phenoxy) is 3. The number of hydrogen-bond acceptors (Lipinski definition) is 5. The Labute approximate surface area is 214 Å². The fraction of sp³-hybridized carbons (Fsp3) is 0.517. The average molecular weight is 495 g/mol. The summed E-state index contributed by atoms with van der Waals surface area (Å²) in [5.41, 5.74) is 1.84. The van der Waals surface area contributed by atoms with E-state index in [9.17, 15) is 9.59 Å². The molecule has 4 rings (SSSR count). The van der Waals surface area contributed by atoms with E-state index in [0.717, 1.165) is 43.7 Å². The third-order valence-corrected chi connectivity index (χ3v) is 7.42. The lowest BCUT2D eigenvalue weighted by Gasteiger charge is -2.34. The lowest BCUT2D eigenvalue weighted by molar-refractivity contribution is -0.134. The summed E-state index contributed by atoms with van der Waals surface area (Å²) in [7, 11) is 3.23. The normalized spacial score (nSPS) is 21.7. The first-order valence-electron chi connectivity index (χ1n) is 12.9. The summed E-state index contributed by atoms with van der Waals surface area (Å²) in [5, 5.41) is 3.19. The minimum Gasteiger partial charge on any atom is -0.493 e. The molecule has 36 heavy (non-hydrogen) atoms. The van der Waals surface area contributed by atoms with E-state index in [0.29, 0.717) is 49.7 Å². The van der Waals surface area contributed by atoms with Crippen LogP contribution in [-0.4, -0.2) is 56.2 Å². The van der Waals surface area contributed by atoms with Crippen LogP contribution in [0.3, 0.4) is 0 Å². The van der Waals surface area contributed by atoms with Gasteiger partial charge in [0.1, 0.15) is 5.75 Å². The molecule has 0 aliphatic carbocycles. The van der Waals surface area contributed by atoms with Gasteiger partial charge in [-0.25, -0.2) is 0 Å². The highest BCUT2D eigenvalue weighted by molar-refractivity contribution is 5.80. The van der Waals surface area contributed by atoms with Gasteiger partial charge < -0.3 is 24.4 Å². The van der Waals surface area contributed by atoms with Gasteiger partial charge in [-0.15, -0.1) is 0 Å². The van der Waals surface area contributed by atoms with Gasteiger partial charge in [-0.1, -0.05) is 23.8 Å². The third-order valence-electron chi connectivity index (χ3n) is 7.42. The van der Waals surface area contributed by atoms with Crippen molar-refractivity contribution in [2.75, 3.05) is 33.9 Å². The van der Waals surface area contributed by atoms with Crippen molar-refractivity contribution in [1.29, 1.82) is 0 Å². The minimum atomic E-state index is -0.421. The summed E-state index contributed by atoms with van der Waals surface area (Å²) < 4.78 is 16.8. The van der Waals surface area contributed by atoms with E-state index < -0.39 is 5.54 Å². The van der Waals surface area contributed by atoms with Crippen LogP contribution < -0.4 is 19.5 Å². The molecule has 7 nitrogen and oxygen atoms in total. The predicted octanol–water partition coefficient (Wildman–Crippen LogP) is 4.30. The Morgan fingerprint density at radius 1 is 1.11 bits per heavy atom. The van der Waals surface area contributed by atoms with Gasteiger partial charge >= 0.3 is 0 Å². The standard InChI is InChI=1S/C29H38N2O5/c1-21-6-9-24(10-7-21)36-20-23-5-4-16-31(19-23)28(33)13-15-29(14-12-27(32)30-29)18-22-8-11-25(34-2)26(17-22)35-3/h6-11,17,23H,4-5,12-16,18-20H2,1-3H3,(H,30,32)/t23-,29-/m1/s1. The first kappa shape index (κ1) is 25.9. The topological polar surface area (TPSA) is 77.1 Å². The van der Waals surface area contributed by atoms with Crippen LogP contribution in [0, 0.1) is 12.8 Å². The lowest BCUT2D eigenvalue weighted by Crippen LogP contribution is -2.46. The molecule has 2 atom stereocenters. The Bertz CT molecular complexity index is 1050. The number of likely N-dealkylation sites (tertiary alicyclic amines) is 1. The molecule has 2 heterocycles. The van der Waals surface area contributed by atoms with Crippen molar-refractivity contribution in [3.8, 4) is 17.2 Å². The highest BCUT2D eigenvalue weighted by atomic mass is 16.5. The number of piperidine rings is 1. The number of carbonyl (C=O) groups is 2. The molecule has 2 amide bonds. The van der Waals surface area contributed by atoms with Gasteiger partial charge in [0.05, 0.1) is 20.8 Å². The van der Waals surface area contributed by atoms with Crippen LogP contribution in [-0.2, 0) is 16.0 Å². The van der Waals surface area contributed by atoms with Gasteiger partial charge in [0.15, 0.2) is 11.5 Å². The molecule has 0 aromatic heterocycles. The Hall–Kier alpha value is -3.22. The van der Waals surface area contributed by atoms with Crippen molar-refractivity contribution < 1.29 is 23.8 Å². The van der Waals surface area contributed by atoms with Crippen molar-refractivity contribution >= 4 is 11.8 Å². The first-order valence-corrected chi connectivity index (χ1v) is 12.9. The Morgan fingerprint density at radius 2 is 1.89 bits per heavy atom. The fourth-order valence-corrected chi connectivity index (χ4v) is 5.34. The second kappa shape index (κ2) is 11.7. The van der Waals surface area contributed by atoms with Crippen LogP contribution in [0.15, 0.2) is 42.5 Å². The van der Waals surface area contributed by atoms with Crippen molar-refractivity contribution in [1.82, 2.24) is 10.2 Å². The molecule has 2 aromatic rings. The molecular formula is C29H38N2O5. The van der Waals surface area contributed by atoms with E-state index in [-0.39, 0.29) is 11.8 Å². The van der Waals surface area contributed by atoms with Crippen molar-refractivity contribution in [3.63, 3.8) is 0 Å². The van der Waals surface area contributed by atoms with Gasteiger partial charge in [-0.3, -0.25) is 9.59 Å². The summed E-state index contributed by atoms with van der Waals surface area (Å²) in [5.74, 6) is 2.75. The second-order valence-corrected chi connectivity index (χ2v) is 10.2. The number of carbonyl (C=O) groups excluding carboxylic acids is 2. The zero-order valence-electron chi connectivity index (χ0n) is 21.7. The Balaban J connectivity index is 1.34. The molecule has 0 spiro atoms. The van der Waals surface area contributed by atoms with Crippen LogP contribution in [0.2, 0.25) is 0 Å². The van der Waals surface area contributed by atoms with Crippen molar-refractivity contribution in [3.05, 3.63) is 53.6 Å². The van der Waals surface area contributed by atoms with Gasteiger partial charge in [-0.05, 0) is 68.9 Å².